The minimum atomic E-state index is -0.458. The summed E-state index contributed by atoms with van der Waals surface area (Å²) in [5.41, 5.74) is -0.458. The fourth-order valence-corrected chi connectivity index (χ4v) is 0. The number of hydrogen-bond donors (Lipinski definition) is 2. The van der Waals surface area contributed by atoms with Crippen LogP contribution in [0, 0.1) is 5.92 Å². The molecular weight excluding hydrogens is 152 g/mol. The largest absolute Gasteiger partial charge is 0.393 e. The monoisotopic (exact) mass is 176 g/mol. The summed E-state index contributed by atoms with van der Waals surface area (Å²) in [4.78, 5) is 0. The zero-order chi connectivity index (χ0) is 10.4. The van der Waals surface area contributed by atoms with E-state index in [0.717, 1.165) is 6.42 Å². The Balaban J connectivity index is 0. The van der Waals surface area contributed by atoms with Gasteiger partial charge >= 0.3 is 0 Å². The van der Waals surface area contributed by atoms with Gasteiger partial charge in [-0.2, -0.15) is 0 Å². The van der Waals surface area contributed by atoms with Crippen LogP contribution in [0.15, 0.2) is 0 Å². The smallest absolute Gasteiger partial charge is 0.0589 e. The fraction of sp³-hybridized carbons (Fsp3) is 1.00. The normalized spacial score (nSPS) is 13.8. The Morgan fingerprint density at radius 1 is 1.17 bits per heavy atom. The van der Waals surface area contributed by atoms with Gasteiger partial charge in [0.1, 0.15) is 0 Å². The van der Waals surface area contributed by atoms with E-state index < -0.39 is 5.60 Å². The van der Waals surface area contributed by atoms with Crippen molar-refractivity contribution < 1.29 is 10.2 Å². The lowest BCUT2D eigenvalue weighted by Crippen LogP contribution is -2.15. The van der Waals surface area contributed by atoms with Crippen LogP contribution in [0.5, 0.6) is 0 Å². The van der Waals surface area contributed by atoms with Gasteiger partial charge in [-0.15, -0.1) is 0 Å². The quantitative estimate of drug-likeness (QED) is 0.677. The van der Waals surface area contributed by atoms with Gasteiger partial charge in [-0.3, -0.25) is 0 Å². The average Bonchev–Trinajstić information content (AvgIpc) is 1.87. The second-order valence-electron chi connectivity index (χ2n) is 4.15. The minimum Gasteiger partial charge on any atom is -0.393 e. The highest BCUT2D eigenvalue weighted by molar-refractivity contribution is 4.59. The van der Waals surface area contributed by atoms with Crippen molar-refractivity contribution in [3.05, 3.63) is 0 Å². The summed E-state index contributed by atoms with van der Waals surface area (Å²) >= 11 is 0. The molecule has 2 N–H and O–H groups in total. The zero-order valence-corrected chi connectivity index (χ0v) is 9.26. The van der Waals surface area contributed by atoms with Crippen molar-refractivity contribution >= 4 is 0 Å². The van der Waals surface area contributed by atoms with Gasteiger partial charge in [-0.1, -0.05) is 20.8 Å². The van der Waals surface area contributed by atoms with Gasteiger partial charge in [-0.05, 0) is 33.1 Å². The fourth-order valence-electron chi connectivity index (χ4n) is 0. The van der Waals surface area contributed by atoms with E-state index in [-0.39, 0.29) is 6.10 Å². The maximum absolute atomic E-state index is 8.83. The van der Waals surface area contributed by atoms with Gasteiger partial charge in [0.05, 0.1) is 11.7 Å². The Morgan fingerprint density at radius 2 is 1.33 bits per heavy atom. The van der Waals surface area contributed by atoms with E-state index in [1.165, 1.54) is 0 Å². The molecule has 0 fully saturated rings. The molecule has 1 atom stereocenters. The molecule has 76 valence electrons. The summed E-state index contributed by atoms with van der Waals surface area (Å²) in [7, 11) is 0. The Hall–Kier alpha value is -0.0800. The Morgan fingerprint density at radius 3 is 1.33 bits per heavy atom. The van der Waals surface area contributed by atoms with E-state index in [2.05, 4.69) is 0 Å². The van der Waals surface area contributed by atoms with E-state index in [0.29, 0.717) is 5.92 Å². The SMILES string of the molecule is CC(C)C(C)O.CCC(C)(C)O. The van der Waals surface area contributed by atoms with Crippen LogP contribution in [0.2, 0.25) is 0 Å². The van der Waals surface area contributed by atoms with E-state index in [9.17, 15) is 0 Å². The van der Waals surface area contributed by atoms with Crippen LogP contribution in [-0.2, 0) is 0 Å². The van der Waals surface area contributed by atoms with Gasteiger partial charge in [0.15, 0.2) is 0 Å². The molecule has 0 aliphatic carbocycles. The summed E-state index contributed by atoms with van der Waals surface area (Å²) in [5.74, 6) is 0.407. The Labute approximate surface area is 76.6 Å². The third-order valence-electron chi connectivity index (χ3n) is 1.83. The lowest BCUT2D eigenvalue weighted by molar-refractivity contribution is 0.0765. The third kappa shape index (κ3) is 16.5. The number of hydrogen-bond acceptors (Lipinski definition) is 2. The average molecular weight is 176 g/mol. The van der Waals surface area contributed by atoms with Crippen molar-refractivity contribution in [2.24, 2.45) is 5.92 Å². The first-order chi connectivity index (χ1) is 5.20. The molecule has 0 aromatic carbocycles. The summed E-state index contributed by atoms with van der Waals surface area (Å²) in [6.45, 7) is 11.3. The maximum atomic E-state index is 8.83. The predicted octanol–water partition coefficient (Wildman–Crippen LogP) is 2.19. The first-order valence-electron chi connectivity index (χ1n) is 4.61. The van der Waals surface area contributed by atoms with Crippen LogP contribution in [0.3, 0.4) is 0 Å². The van der Waals surface area contributed by atoms with E-state index in [4.69, 9.17) is 10.2 Å². The summed E-state index contributed by atoms with van der Waals surface area (Å²) < 4.78 is 0. The van der Waals surface area contributed by atoms with Crippen LogP contribution in [0.25, 0.3) is 0 Å². The van der Waals surface area contributed by atoms with Gasteiger partial charge < -0.3 is 10.2 Å². The molecule has 12 heavy (non-hydrogen) atoms. The van der Waals surface area contributed by atoms with Crippen LogP contribution in [0.4, 0.5) is 0 Å². The predicted molar refractivity (Wildman–Crippen MR) is 53.1 cm³/mol. The van der Waals surface area contributed by atoms with Crippen molar-refractivity contribution in [3.63, 3.8) is 0 Å². The van der Waals surface area contributed by atoms with Gasteiger partial charge in [0, 0.05) is 0 Å². The van der Waals surface area contributed by atoms with E-state index in [1.54, 1.807) is 20.8 Å². The standard InChI is InChI=1S/2C5H12O/c1-4-5(2,3)6;1-4(2)5(3)6/h6H,4H2,1-3H3;4-6H,1-3H3. The molecule has 0 spiro atoms. The molecule has 0 radical (unpaired) electrons. The highest BCUT2D eigenvalue weighted by atomic mass is 16.3. The molecule has 0 saturated carbocycles. The Bertz CT molecular complexity index is 84.5. The van der Waals surface area contributed by atoms with Gasteiger partial charge in [-0.25, -0.2) is 0 Å². The topological polar surface area (TPSA) is 40.5 Å². The van der Waals surface area contributed by atoms with Crippen LogP contribution in [0.1, 0.15) is 48.0 Å². The maximum Gasteiger partial charge on any atom is 0.0589 e. The second-order valence-corrected chi connectivity index (χ2v) is 4.15. The second kappa shape index (κ2) is 6.44. The molecule has 1 unspecified atom stereocenters. The van der Waals surface area contributed by atoms with Crippen molar-refractivity contribution in [2.45, 2.75) is 59.7 Å². The molecular formula is C10H24O2. The van der Waals surface area contributed by atoms with Crippen molar-refractivity contribution in [3.8, 4) is 0 Å². The van der Waals surface area contributed by atoms with E-state index >= 15 is 0 Å². The molecule has 0 rings (SSSR count). The molecule has 2 heteroatoms. The highest BCUT2D eigenvalue weighted by Crippen LogP contribution is 2.03. The summed E-state index contributed by atoms with van der Waals surface area (Å²) in [6, 6.07) is 0. The van der Waals surface area contributed by atoms with Crippen LogP contribution < -0.4 is 0 Å². The first-order valence-corrected chi connectivity index (χ1v) is 4.61. The molecule has 0 saturated heterocycles. The minimum absolute atomic E-state index is 0.148. The number of aliphatic hydroxyl groups excluding tert-OH is 1. The molecule has 0 aliphatic rings. The number of aliphatic hydroxyl groups is 2. The van der Waals surface area contributed by atoms with Gasteiger partial charge in [0.25, 0.3) is 0 Å². The van der Waals surface area contributed by atoms with E-state index in [1.807, 2.05) is 20.8 Å². The van der Waals surface area contributed by atoms with Crippen LogP contribution >= 0.6 is 0 Å². The van der Waals surface area contributed by atoms with Crippen LogP contribution in [-0.4, -0.2) is 21.9 Å². The zero-order valence-electron chi connectivity index (χ0n) is 9.26. The molecule has 0 aromatic rings. The third-order valence-corrected chi connectivity index (χ3v) is 1.83. The first kappa shape index (κ1) is 14.4. The highest BCUT2D eigenvalue weighted by Gasteiger charge is 2.05. The summed E-state index contributed by atoms with van der Waals surface area (Å²) in [5, 5.41) is 17.5. The molecule has 0 bridgehead atoms. The molecule has 0 amide bonds. The van der Waals surface area contributed by atoms with Crippen molar-refractivity contribution in [2.75, 3.05) is 0 Å². The molecule has 2 nitrogen and oxygen atoms in total. The lowest BCUT2D eigenvalue weighted by atomic mass is 10.1. The van der Waals surface area contributed by atoms with Crippen molar-refractivity contribution in [1.29, 1.82) is 0 Å². The lowest BCUT2D eigenvalue weighted by Gasteiger charge is -2.11. The Kier molecular flexibility index (Phi) is 7.75. The molecule has 0 aliphatic heterocycles. The molecule has 0 heterocycles. The number of rotatable bonds is 2. The summed E-state index contributed by atoms with van der Waals surface area (Å²) in [6.07, 6.45) is 0.678. The van der Waals surface area contributed by atoms with Crippen molar-refractivity contribution in [1.82, 2.24) is 0 Å². The van der Waals surface area contributed by atoms with Gasteiger partial charge in [0.2, 0.25) is 0 Å². The molecule has 0 aromatic heterocycles.